The largest absolute Gasteiger partial charge is 0.466 e. The van der Waals surface area contributed by atoms with Gasteiger partial charge in [0.05, 0.1) is 12.8 Å². The van der Waals surface area contributed by atoms with Gasteiger partial charge in [0.2, 0.25) is 0 Å². The summed E-state index contributed by atoms with van der Waals surface area (Å²) in [5, 5.41) is 3.59. The van der Waals surface area contributed by atoms with Crippen LogP contribution in [0.3, 0.4) is 0 Å². The number of hydrogen-bond acceptors (Lipinski definition) is 6. The zero-order valence-corrected chi connectivity index (χ0v) is 14.7. The molecular weight excluding hydrogens is 326 g/mol. The lowest BCUT2D eigenvalue weighted by molar-refractivity contribution is -0.143. The number of nitrogens with one attached hydrogen (secondary N) is 1. The van der Waals surface area contributed by atoms with E-state index in [-0.39, 0.29) is 11.9 Å². The van der Waals surface area contributed by atoms with Crippen LogP contribution in [0.4, 0.5) is 0 Å². The fraction of sp³-hybridized carbons (Fsp3) is 0.412. The number of aryl methyl sites for hydroxylation is 1. The summed E-state index contributed by atoms with van der Waals surface area (Å²) in [5.74, 6) is -0.413. The monoisotopic (exact) mass is 347 g/mol. The number of rotatable bonds is 8. The molecule has 0 aliphatic heterocycles. The van der Waals surface area contributed by atoms with E-state index in [1.807, 2.05) is 19.1 Å². The van der Waals surface area contributed by atoms with Crippen molar-refractivity contribution in [1.82, 2.24) is 15.3 Å². The first-order valence-electron chi connectivity index (χ1n) is 7.99. The number of ether oxygens (including phenoxy) is 1. The summed E-state index contributed by atoms with van der Waals surface area (Å²) < 4.78 is 4.84. The fourth-order valence-corrected chi connectivity index (χ4v) is 2.90. The van der Waals surface area contributed by atoms with Crippen molar-refractivity contribution in [3.05, 3.63) is 35.1 Å². The van der Waals surface area contributed by atoms with Crippen LogP contribution in [0.5, 0.6) is 0 Å². The molecule has 0 spiro atoms. The Morgan fingerprint density at radius 2 is 2.12 bits per heavy atom. The third-order valence-corrected chi connectivity index (χ3v) is 4.35. The minimum atomic E-state index is -0.240. The van der Waals surface area contributed by atoms with Crippen LogP contribution >= 0.6 is 11.3 Å². The van der Waals surface area contributed by atoms with Gasteiger partial charge in [0.15, 0.2) is 0 Å². The van der Waals surface area contributed by atoms with Gasteiger partial charge in [-0.1, -0.05) is 6.92 Å². The van der Waals surface area contributed by atoms with Crippen molar-refractivity contribution in [3.8, 4) is 10.6 Å². The van der Waals surface area contributed by atoms with Gasteiger partial charge in [-0.15, -0.1) is 11.3 Å². The van der Waals surface area contributed by atoms with Crippen molar-refractivity contribution >= 4 is 23.2 Å². The predicted molar refractivity (Wildman–Crippen MR) is 92.9 cm³/mol. The second-order valence-corrected chi connectivity index (χ2v) is 6.11. The Morgan fingerprint density at radius 1 is 1.29 bits per heavy atom. The second-order valence-electron chi connectivity index (χ2n) is 5.08. The van der Waals surface area contributed by atoms with Crippen LogP contribution in [0, 0.1) is 0 Å². The van der Waals surface area contributed by atoms with Crippen LogP contribution in [0.25, 0.3) is 10.6 Å². The molecule has 1 amide bonds. The lowest BCUT2D eigenvalue weighted by atomic mass is 10.2. The number of aromatic nitrogens is 2. The zero-order valence-electron chi connectivity index (χ0n) is 13.9. The van der Waals surface area contributed by atoms with Gasteiger partial charge in [0.25, 0.3) is 5.91 Å². The Hall–Kier alpha value is -2.28. The number of pyridine rings is 1. The third kappa shape index (κ3) is 5.13. The molecule has 0 aromatic carbocycles. The summed E-state index contributed by atoms with van der Waals surface area (Å²) in [6.45, 7) is 4.63. The van der Waals surface area contributed by atoms with E-state index in [9.17, 15) is 9.59 Å². The SMILES string of the molecule is CCOC(=O)CCCNC(=O)c1cnc(-c2ccnc(CC)c2)s1. The number of hydrogen-bond donors (Lipinski definition) is 1. The molecule has 128 valence electrons. The molecule has 7 heteroatoms. The quantitative estimate of drug-likeness (QED) is 0.586. The van der Waals surface area contributed by atoms with Crippen LogP contribution in [0.1, 0.15) is 42.1 Å². The molecule has 0 aliphatic carbocycles. The molecule has 6 nitrogen and oxygen atoms in total. The van der Waals surface area contributed by atoms with E-state index in [2.05, 4.69) is 15.3 Å². The number of carbonyl (C=O) groups is 2. The molecule has 2 aromatic heterocycles. The topological polar surface area (TPSA) is 81.2 Å². The smallest absolute Gasteiger partial charge is 0.305 e. The van der Waals surface area contributed by atoms with Crippen LogP contribution < -0.4 is 5.32 Å². The van der Waals surface area contributed by atoms with Crippen LogP contribution in [-0.4, -0.2) is 35.0 Å². The maximum atomic E-state index is 12.1. The minimum Gasteiger partial charge on any atom is -0.466 e. The van der Waals surface area contributed by atoms with Crippen molar-refractivity contribution in [1.29, 1.82) is 0 Å². The maximum Gasteiger partial charge on any atom is 0.305 e. The van der Waals surface area contributed by atoms with Crippen LogP contribution in [0.2, 0.25) is 0 Å². The molecule has 24 heavy (non-hydrogen) atoms. The maximum absolute atomic E-state index is 12.1. The van der Waals surface area contributed by atoms with Crippen molar-refractivity contribution in [3.63, 3.8) is 0 Å². The fourth-order valence-electron chi connectivity index (χ4n) is 2.07. The zero-order chi connectivity index (χ0) is 17.4. The molecule has 0 radical (unpaired) electrons. The van der Waals surface area contributed by atoms with E-state index in [4.69, 9.17) is 4.74 Å². The standard InChI is InChI=1S/C17H21N3O3S/c1-3-13-10-12(7-9-18-13)17-20-11-14(24-17)16(22)19-8-5-6-15(21)23-4-2/h7,9-11H,3-6,8H2,1-2H3,(H,19,22). The van der Waals surface area contributed by atoms with Crippen molar-refractivity contribution in [2.24, 2.45) is 0 Å². The van der Waals surface area contributed by atoms with Gasteiger partial charge < -0.3 is 10.1 Å². The van der Waals surface area contributed by atoms with Gasteiger partial charge in [-0.05, 0) is 31.9 Å². The molecule has 0 fully saturated rings. The third-order valence-electron chi connectivity index (χ3n) is 3.30. The number of amides is 1. The first-order chi connectivity index (χ1) is 11.6. The van der Waals surface area contributed by atoms with Gasteiger partial charge >= 0.3 is 5.97 Å². The van der Waals surface area contributed by atoms with Gasteiger partial charge in [0.1, 0.15) is 9.88 Å². The molecule has 0 unspecified atom stereocenters. The Bertz CT molecular complexity index is 700. The van der Waals surface area contributed by atoms with E-state index in [0.29, 0.717) is 30.9 Å². The van der Waals surface area contributed by atoms with E-state index in [1.165, 1.54) is 11.3 Å². The predicted octanol–water partition coefficient (Wildman–Crippen LogP) is 2.84. The van der Waals surface area contributed by atoms with E-state index in [0.717, 1.165) is 22.7 Å². The summed E-state index contributed by atoms with van der Waals surface area (Å²) in [6, 6.07) is 3.87. The van der Waals surface area contributed by atoms with E-state index < -0.39 is 0 Å². The molecule has 2 aromatic rings. The first-order valence-corrected chi connectivity index (χ1v) is 8.80. The highest BCUT2D eigenvalue weighted by molar-refractivity contribution is 7.16. The van der Waals surface area contributed by atoms with E-state index in [1.54, 1.807) is 19.3 Å². The molecule has 1 N–H and O–H groups in total. The number of esters is 1. The number of nitrogens with zero attached hydrogens (tertiary/aromatic N) is 2. The highest BCUT2D eigenvalue weighted by atomic mass is 32.1. The van der Waals surface area contributed by atoms with E-state index >= 15 is 0 Å². The average molecular weight is 347 g/mol. The molecule has 0 saturated heterocycles. The highest BCUT2D eigenvalue weighted by Crippen LogP contribution is 2.25. The molecule has 2 heterocycles. The average Bonchev–Trinajstić information content (AvgIpc) is 3.09. The molecule has 0 aliphatic rings. The summed E-state index contributed by atoms with van der Waals surface area (Å²) in [7, 11) is 0. The first kappa shape index (κ1) is 18.1. The second kappa shape index (κ2) is 9.12. The highest BCUT2D eigenvalue weighted by Gasteiger charge is 2.12. The lowest BCUT2D eigenvalue weighted by Gasteiger charge is -2.03. The lowest BCUT2D eigenvalue weighted by Crippen LogP contribution is -2.24. The Balaban J connectivity index is 1.88. The molecular formula is C17H21N3O3S. The summed E-state index contributed by atoms with van der Waals surface area (Å²) in [4.78, 5) is 32.5. The van der Waals surface area contributed by atoms with Gasteiger partial charge in [-0.3, -0.25) is 14.6 Å². The van der Waals surface area contributed by atoms with Crippen LogP contribution in [0.15, 0.2) is 24.5 Å². The summed E-state index contributed by atoms with van der Waals surface area (Å²) in [5.41, 5.74) is 1.96. The van der Waals surface area contributed by atoms with Crippen molar-refractivity contribution < 1.29 is 14.3 Å². The Labute approximate surface area is 145 Å². The van der Waals surface area contributed by atoms with Crippen molar-refractivity contribution in [2.45, 2.75) is 33.1 Å². The molecule has 0 bridgehead atoms. The molecule has 2 rings (SSSR count). The summed E-state index contributed by atoms with van der Waals surface area (Å²) in [6.07, 6.45) is 5.05. The van der Waals surface area contributed by atoms with Crippen molar-refractivity contribution in [2.75, 3.05) is 13.2 Å². The van der Waals surface area contributed by atoms with Gasteiger partial charge in [-0.2, -0.15) is 0 Å². The van der Waals surface area contributed by atoms with Crippen LogP contribution in [-0.2, 0) is 16.0 Å². The number of thiazole rings is 1. The Morgan fingerprint density at radius 3 is 2.88 bits per heavy atom. The number of carbonyl (C=O) groups excluding carboxylic acids is 2. The van der Waals surface area contributed by atoms with Gasteiger partial charge in [-0.25, -0.2) is 4.98 Å². The minimum absolute atomic E-state index is 0.174. The normalized spacial score (nSPS) is 10.4. The molecule has 0 saturated carbocycles. The van der Waals surface area contributed by atoms with Gasteiger partial charge in [0, 0.05) is 30.4 Å². The summed E-state index contributed by atoms with van der Waals surface area (Å²) >= 11 is 1.34. The Kier molecular flexibility index (Phi) is 6.87. The molecule has 0 atom stereocenters.